The van der Waals surface area contributed by atoms with Crippen LogP contribution in [0.5, 0.6) is 0 Å². The molecular formula is C21H24Cl2N6O. The number of benzene rings is 1. The zero-order valence-corrected chi connectivity index (χ0v) is 18.2. The molecule has 0 aliphatic carbocycles. The maximum atomic E-state index is 6.20. The molecule has 3 aromatic rings. The summed E-state index contributed by atoms with van der Waals surface area (Å²) < 4.78 is 7.30. The molecule has 0 spiro atoms. The Labute approximate surface area is 185 Å². The lowest BCUT2D eigenvalue weighted by molar-refractivity contribution is 0.0338. The summed E-state index contributed by atoms with van der Waals surface area (Å²) in [5.41, 5.74) is 1.50. The third kappa shape index (κ3) is 4.12. The number of aromatic nitrogens is 4. The molecule has 1 aromatic carbocycles. The molecule has 0 radical (unpaired) electrons. The Bertz CT molecular complexity index is 1020. The van der Waals surface area contributed by atoms with Crippen LogP contribution in [0.2, 0.25) is 10.0 Å². The molecule has 4 heterocycles. The molecule has 2 aliphatic heterocycles. The van der Waals surface area contributed by atoms with Crippen LogP contribution in [0.3, 0.4) is 0 Å². The van der Waals surface area contributed by atoms with Crippen molar-refractivity contribution >= 4 is 34.7 Å². The van der Waals surface area contributed by atoms with E-state index < -0.39 is 0 Å². The molecular weight excluding hydrogens is 423 g/mol. The number of rotatable bonds is 4. The van der Waals surface area contributed by atoms with Crippen LogP contribution in [0.15, 0.2) is 30.3 Å². The number of hydrogen-bond acceptors (Lipinski definition) is 6. The fourth-order valence-corrected chi connectivity index (χ4v) is 4.90. The van der Waals surface area contributed by atoms with Gasteiger partial charge in [-0.1, -0.05) is 23.2 Å². The zero-order valence-electron chi connectivity index (χ0n) is 16.7. The molecule has 2 aliphatic rings. The van der Waals surface area contributed by atoms with Gasteiger partial charge in [0.25, 0.3) is 0 Å². The van der Waals surface area contributed by atoms with Crippen LogP contribution in [0.25, 0.3) is 17.0 Å². The van der Waals surface area contributed by atoms with Gasteiger partial charge in [-0.15, -0.1) is 15.3 Å². The minimum absolute atomic E-state index is 0.447. The number of hydrogen-bond donors (Lipinski definition) is 0. The Morgan fingerprint density at radius 1 is 0.967 bits per heavy atom. The average molecular weight is 447 g/mol. The third-order valence-electron chi connectivity index (χ3n) is 5.86. The van der Waals surface area contributed by atoms with Gasteiger partial charge in [0.05, 0.1) is 13.2 Å². The number of piperidine rings is 1. The van der Waals surface area contributed by atoms with E-state index in [0.29, 0.717) is 27.6 Å². The number of morpholine rings is 1. The molecule has 0 saturated carbocycles. The molecule has 1 unspecified atom stereocenters. The van der Waals surface area contributed by atoms with E-state index in [1.165, 1.54) is 19.3 Å². The Kier molecular flexibility index (Phi) is 5.78. The first kappa shape index (κ1) is 20.0. The Balaban J connectivity index is 1.47. The second kappa shape index (κ2) is 8.67. The minimum atomic E-state index is 0.447. The van der Waals surface area contributed by atoms with Crippen molar-refractivity contribution in [1.29, 1.82) is 0 Å². The average Bonchev–Trinajstić information content (AvgIpc) is 3.17. The van der Waals surface area contributed by atoms with Gasteiger partial charge < -0.3 is 9.64 Å². The summed E-state index contributed by atoms with van der Waals surface area (Å²) in [6.45, 7) is 5.70. The van der Waals surface area contributed by atoms with Crippen LogP contribution >= 0.6 is 23.2 Å². The second-order valence-electron chi connectivity index (χ2n) is 7.90. The number of halogens is 2. The molecule has 0 bridgehead atoms. The molecule has 7 nitrogen and oxygen atoms in total. The molecule has 5 rings (SSSR count). The Hall–Kier alpha value is -1.93. The first-order valence-electron chi connectivity index (χ1n) is 10.4. The monoisotopic (exact) mass is 446 g/mol. The largest absolute Gasteiger partial charge is 0.379 e. The summed E-state index contributed by atoms with van der Waals surface area (Å²) in [6, 6.07) is 9.85. The summed E-state index contributed by atoms with van der Waals surface area (Å²) in [4.78, 5) is 4.94. The van der Waals surface area contributed by atoms with Crippen molar-refractivity contribution in [3.63, 3.8) is 0 Å². The van der Waals surface area contributed by atoms with Crippen molar-refractivity contribution in [2.45, 2.75) is 25.3 Å². The van der Waals surface area contributed by atoms with Gasteiger partial charge >= 0.3 is 0 Å². The topological polar surface area (TPSA) is 58.8 Å². The Morgan fingerprint density at radius 2 is 1.77 bits per heavy atom. The summed E-state index contributed by atoms with van der Waals surface area (Å²) in [5.74, 6) is 1.59. The predicted molar refractivity (Wildman–Crippen MR) is 118 cm³/mol. The quantitative estimate of drug-likeness (QED) is 0.607. The van der Waals surface area contributed by atoms with Crippen molar-refractivity contribution in [3.8, 4) is 11.4 Å². The standard InChI is InChI=1S/C21H24Cl2N6O/c22-16-11-15(12-17(23)13-16)21-25-24-19-4-5-20(26-29(19)21)28-6-2-1-3-18(28)14-27-7-9-30-10-8-27/h4-5,11-13,18H,1-3,6-10,14H2. The normalized spacial score (nSPS) is 20.7. The van der Waals surface area contributed by atoms with Crippen molar-refractivity contribution in [2.75, 3.05) is 44.3 Å². The predicted octanol–water partition coefficient (Wildman–Crippen LogP) is 3.79. The van der Waals surface area contributed by atoms with Crippen LogP contribution in [-0.4, -0.2) is 70.1 Å². The highest BCUT2D eigenvalue weighted by Gasteiger charge is 2.27. The van der Waals surface area contributed by atoms with Gasteiger partial charge in [-0.2, -0.15) is 4.52 Å². The number of ether oxygens (including phenoxy) is 1. The molecule has 2 saturated heterocycles. The van der Waals surface area contributed by atoms with Gasteiger partial charge in [-0.25, -0.2) is 0 Å². The Morgan fingerprint density at radius 3 is 2.57 bits per heavy atom. The fraction of sp³-hybridized carbons (Fsp3) is 0.476. The fourth-order valence-electron chi connectivity index (χ4n) is 4.37. The van der Waals surface area contributed by atoms with Crippen molar-refractivity contribution in [1.82, 2.24) is 24.7 Å². The first-order valence-corrected chi connectivity index (χ1v) is 11.2. The highest BCUT2D eigenvalue weighted by Crippen LogP contribution is 2.28. The molecule has 9 heteroatoms. The summed E-state index contributed by atoms with van der Waals surface area (Å²) in [7, 11) is 0. The van der Waals surface area contributed by atoms with Gasteiger partial charge in [-0.3, -0.25) is 4.90 Å². The molecule has 1 atom stereocenters. The summed E-state index contributed by atoms with van der Waals surface area (Å²) in [5, 5.41) is 14.7. The van der Waals surface area contributed by atoms with Crippen molar-refractivity contribution in [3.05, 3.63) is 40.4 Å². The summed E-state index contributed by atoms with van der Waals surface area (Å²) >= 11 is 12.4. The number of fused-ring (bicyclic) bond motifs is 1. The smallest absolute Gasteiger partial charge is 0.185 e. The zero-order chi connectivity index (χ0) is 20.5. The van der Waals surface area contributed by atoms with E-state index >= 15 is 0 Å². The second-order valence-corrected chi connectivity index (χ2v) is 8.77. The maximum absolute atomic E-state index is 6.20. The van der Waals surface area contributed by atoms with Crippen LogP contribution in [-0.2, 0) is 4.74 Å². The van der Waals surface area contributed by atoms with E-state index in [1.54, 1.807) is 10.6 Å². The summed E-state index contributed by atoms with van der Waals surface area (Å²) in [6.07, 6.45) is 3.61. The third-order valence-corrected chi connectivity index (χ3v) is 6.30. The lowest BCUT2D eigenvalue weighted by Crippen LogP contribution is -2.49. The number of anilines is 1. The van der Waals surface area contributed by atoms with Gasteiger partial charge in [0, 0.05) is 47.8 Å². The van der Waals surface area contributed by atoms with Gasteiger partial charge in [0.2, 0.25) is 0 Å². The maximum Gasteiger partial charge on any atom is 0.185 e. The number of nitrogens with zero attached hydrogens (tertiary/aromatic N) is 6. The lowest BCUT2D eigenvalue weighted by Gasteiger charge is -2.40. The van der Waals surface area contributed by atoms with E-state index in [-0.39, 0.29) is 0 Å². The minimum Gasteiger partial charge on any atom is -0.379 e. The molecule has 0 amide bonds. The molecule has 158 valence electrons. The first-order chi connectivity index (χ1) is 14.7. The highest BCUT2D eigenvalue weighted by atomic mass is 35.5. The molecule has 2 fully saturated rings. The molecule has 30 heavy (non-hydrogen) atoms. The van der Waals surface area contributed by atoms with E-state index in [0.717, 1.165) is 50.8 Å². The van der Waals surface area contributed by atoms with Crippen LogP contribution in [0.4, 0.5) is 5.82 Å². The lowest BCUT2D eigenvalue weighted by atomic mass is 10.0. The van der Waals surface area contributed by atoms with E-state index in [1.807, 2.05) is 18.2 Å². The van der Waals surface area contributed by atoms with Gasteiger partial charge in [0.15, 0.2) is 11.5 Å². The molecule has 2 aromatic heterocycles. The highest BCUT2D eigenvalue weighted by molar-refractivity contribution is 6.35. The molecule has 0 N–H and O–H groups in total. The van der Waals surface area contributed by atoms with Crippen LogP contribution in [0.1, 0.15) is 19.3 Å². The van der Waals surface area contributed by atoms with E-state index in [4.69, 9.17) is 33.0 Å². The van der Waals surface area contributed by atoms with Crippen molar-refractivity contribution < 1.29 is 4.74 Å². The van der Waals surface area contributed by atoms with Gasteiger partial charge in [0.1, 0.15) is 5.82 Å². The van der Waals surface area contributed by atoms with Gasteiger partial charge in [-0.05, 0) is 49.6 Å². The van der Waals surface area contributed by atoms with Crippen LogP contribution in [0, 0.1) is 0 Å². The van der Waals surface area contributed by atoms with Crippen LogP contribution < -0.4 is 4.90 Å². The van der Waals surface area contributed by atoms with Crippen molar-refractivity contribution in [2.24, 2.45) is 0 Å². The van der Waals surface area contributed by atoms with E-state index in [9.17, 15) is 0 Å². The SMILES string of the molecule is Clc1cc(Cl)cc(-c2nnc3ccc(N4CCCCC4CN4CCOCC4)nn23)c1. The van der Waals surface area contributed by atoms with E-state index in [2.05, 4.69) is 26.1 Å².